The maximum absolute atomic E-state index is 11.4. The molecule has 4 nitrogen and oxygen atoms in total. The Hall–Kier alpha value is -1.07. The van der Waals surface area contributed by atoms with Crippen molar-refractivity contribution in [3.8, 4) is 5.75 Å². The van der Waals surface area contributed by atoms with Gasteiger partial charge in [-0.15, -0.1) is 0 Å². The number of nitrogens with one attached hydrogen (secondary N) is 1. The first kappa shape index (κ1) is 15.3. The lowest BCUT2D eigenvalue weighted by atomic mass is 10.2. The summed E-state index contributed by atoms with van der Waals surface area (Å²) < 4.78 is 28.5. The summed E-state index contributed by atoms with van der Waals surface area (Å²) in [4.78, 5) is 0.325. The Morgan fingerprint density at radius 2 is 1.95 bits per heavy atom. The molecular weight excluding hydrogens is 274 g/mol. The number of ether oxygens (including phenoxy) is 1. The molecule has 0 radical (unpaired) electrons. The average Bonchev–Trinajstić information content (AvgIpc) is 3.18. The summed E-state index contributed by atoms with van der Waals surface area (Å²) in [6.07, 6.45) is 6.07. The minimum Gasteiger partial charge on any atom is -0.491 e. The summed E-state index contributed by atoms with van der Waals surface area (Å²) in [6, 6.07) is 7.37. The van der Waals surface area contributed by atoms with E-state index in [9.17, 15) is 8.42 Å². The molecule has 0 heterocycles. The van der Waals surface area contributed by atoms with Gasteiger partial charge in [-0.2, -0.15) is 0 Å². The zero-order valence-electron chi connectivity index (χ0n) is 12.1. The van der Waals surface area contributed by atoms with Gasteiger partial charge >= 0.3 is 0 Å². The van der Waals surface area contributed by atoms with Crippen molar-refractivity contribution in [3.05, 3.63) is 24.3 Å². The SMILES string of the molecule is CC(CCCNC1CC1)Oc1ccc(S(C)(=O)=O)cc1. The maximum Gasteiger partial charge on any atom is 0.175 e. The van der Waals surface area contributed by atoms with Gasteiger partial charge in [-0.05, 0) is 63.4 Å². The van der Waals surface area contributed by atoms with E-state index in [0.29, 0.717) is 4.90 Å². The van der Waals surface area contributed by atoms with E-state index in [2.05, 4.69) is 5.32 Å². The molecule has 2 rings (SSSR count). The molecule has 1 aliphatic carbocycles. The van der Waals surface area contributed by atoms with Crippen LogP contribution in [-0.2, 0) is 9.84 Å². The predicted octanol–water partition coefficient (Wildman–Crippen LogP) is 2.39. The summed E-state index contributed by atoms with van der Waals surface area (Å²) in [5.41, 5.74) is 0. The van der Waals surface area contributed by atoms with E-state index >= 15 is 0 Å². The van der Waals surface area contributed by atoms with Gasteiger partial charge in [0.05, 0.1) is 11.0 Å². The fourth-order valence-corrected chi connectivity index (χ4v) is 2.67. The Bertz CT molecular complexity index is 521. The van der Waals surface area contributed by atoms with E-state index in [1.165, 1.54) is 19.1 Å². The molecule has 1 fully saturated rings. The van der Waals surface area contributed by atoms with Crippen molar-refractivity contribution in [1.29, 1.82) is 0 Å². The van der Waals surface area contributed by atoms with Gasteiger partial charge < -0.3 is 10.1 Å². The molecule has 1 N–H and O–H groups in total. The summed E-state index contributed by atoms with van der Waals surface area (Å²) in [5.74, 6) is 0.722. The maximum atomic E-state index is 11.4. The first-order valence-electron chi connectivity index (χ1n) is 7.15. The summed E-state index contributed by atoms with van der Waals surface area (Å²) >= 11 is 0. The van der Waals surface area contributed by atoms with Gasteiger partial charge in [0.2, 0.25) is 0 Å². The highest BCUT2D eigenvalue weighted by molar-refractivity contribution is 7.90. The predicted molar refractivity (Wildman–Crippen MR) is 79.9 cm³/mol. The van der Waals surface area contributed by atoms with Crippen LogP contribution in [0.5, 0.6) is 5.75 Å². The van der Waals surface area contributed by atoms with Crippen LogP contribution in [0.3, 0.4) is 0 Å². The zero-order chi connectivity index (χ0) is 14.6. The fraction of sp³-hybridized carbons (Fsp3) is 0.600. The van der Waals surface area contributed by atoms with E-state index in [4.69, 9.17) is 4.74 Å². The van der Waals surface area contributed by atoms with Gasteiger partial charge in [0.1, 0.15) is 5.75 Å². The second-order valence-electron chi connectivity index (χ2n) is 5.54. The largest absolute Gasteiger partial charge is 0.491 e. The van der Waals surface area contributed by atoms with E-state index < -0.39 is 9.84 Å². The molecule has 0 saturated heterocycles. The molecule has 0 spiro atoms. The Morgan fingerprint density at radius 1 is 1.30 bits per heavy atom. The van der Waals surface area contributed by atoms with Crippen molar-refractivity contribution in [1.82, 2.24) is 5.32 Å². The molecule has 1 unspecified atom stereocenters. The van der Waals surface area contributed by atoms with Crippen LogP contribution in [0.25, 0.3) is 0 Å². The fourth-order valence-electron chi connectivity index (χ4n) is 2.04. The summed E-state index contributed by atoms with van der Waals surface area (Å²) in [5, 5.41) is 3.48. The van der Waals surface area contributed by atoms with E-state index in [-0.39, 0.29) is 6.10 Å². The number of hydrogen-bond donors (Lipinski definition) is 1. The van der Waals surface area contributed by atoms with E-state index in [1.807, 2.05) is 6.92 Å². The molecule has 0 aliphatic heterocycles. The molecule has 20 heavy (non-hydrogen) atoms. The second-order valence-corrected chi connectivity index (χ2v) is 7.56. The highest BCUT2D eigenvalue weighted by atomic mass is 32.2. The monoisotopic (exact) mass is 297 g/mol. The molecule has 5 heteroatoms. The van der Waals surface area contributed by atoms with Gasteiger partial charge in [-0.1, -0.05) is 0 Å². The van der Waals surface area contributed by atoms with Crippen LogP contribution < -0.4 is 10.1 Å². The number of sulfone groups is 1. The minimum atomic E-state index is -3.13. The molecule has 0 bridgehead atoms. The van der Waals surface area contributed by atoms with E-state index in [1.54, 1.807) is 24.3 Å². The van der Waals surface area contributed by atoms with Gasteiger partial charge in [0.15, 0.2) is 9.84 Å². The van der Waals surface area contributed by atoms with Crippen molar-refractivity contribution in [3.63, 3.8) is 0 Å². The molecule has 1 saturated carbocycles. The van der Waals surface area contributed by atoms with Crippen molar-refractivity contribution >= 4 is 9.84 Å². The lowest BCUT2D eigenvalue weighted by molar-refractivity contribution is 0.207. The van der Waals surface area contributed by atoms with Crippen molar-refractivity contribution < 1.29 is 13.2 Å². The van der Waals surface area contributed by atoms with Crippen molar-refractivity contribution in [2.24, 2.45) is 0 Å². The summed E-state index contributed by atoms with van der Waals surface area (Å²) in [7, 11) is -3.13. The summed E-state index contributed by atoms with van der Waals surface area (Å²) in [6.45, 7) is 3.09. The van der Waals surface area contributed by atoms with Crippen LogP contribution >= 0.6 is 0 Å². The number of benzene rings is 1. The number of rotatable bonds is 8. The van der Waals surface area contributed by atoms with Crippen LogP contribution in [0.2, 0.25) is 0 Å². The molecule has 1 atom stereocenters. The second kappa shape index (κ2) is 6.59. The van der Waals surface area contributed by atoms with Crippen LogP contribution in [0.1, 0.15) is 32.6 Å². The van der Waals surface area contributed by atoms with Gasteiger partial charge in [-0.3, -0.25) is 0 Å². The van der Waals surface area contributed by atoms with Crippen molar-refractivity contribution in [2.75, 3.05) is 12.8 Å². The quantitative estimate of drug-likeness (QED) is 0.749. The Balaban J connectivity index is 1.73. The van der Waals surface area contributed by atoms with Crippen LogP contribution in [0.4, 0.5) is 0 Å². The Labute approximate surface area is 121 Å². The lowest BCUT2D eigenvalue weighted by Crippen LogP contribution is -2.20. The molecule has 1 aromatic rings. The standard InChI is InChI=1S/C15H23NO3S/c1-12(4-3-11-16-13-5-6-13)19-14-7-9-15(10-8-14)20(2,17)18/h7-10,12-13,16H,3-6,11H2,1-2H3. The third-order valence-electron chi connectivity index (χ3n) is 3.39. The highest BCUT2D eigenvalue weighted by Gasteiger charge is 2.19. The third-order valence-corrected chi connectivity index (χ3v) is 4.52. The topological polar surface area (TPSA) is 55.4 Å². The normalized spacial score (nSPS) is 16.9. The van der Waals surface area contributed by atoms with Gasteiger partial charge in [0.25, 0.3) is 0 Å². The molecule has 1 aliphatic rings. The van der Waals surface area contributed by atoms with Crippen molar-refractivity contribution in [2.45, 2.75) is 49.6 Å². The molecular formula is C15H23NO3S. The Kier molecular flexibility index (Phi) is 5.05. The third kappa shape index (κ3) is 5.13. The molecule has 1 aromatic carbocycles. The van der Waals surface area contributed by atoms with Gasteiger partial charge in [0, 0.05) is 12.3 Å². The first-order valence-corrected chi connectivity index (χ1v) is 9.04. The Morgan fingerprint density at radius 3 is 2.50 bits per heavy atom. The number of hydrogen-bond acceptors (Lipinski definition) is 4. The zero-order valence-corrected chi connectivity index (χ0v) is 12.9. The van der Waals surface area contributed by atoms with Crippen LogP contribution in [0, 0.1) is 0 Å². The van der Waals surface area contributed by atoms with E-state index in [0.717, 1.165) is 31.2 Å². The van der Waals surface area contributed by atoms with Crippen LogP contribution in [-0.4, -0.2) is 33.4 Å². The molecule has 0 aromatic heterocycles. The molecule has 112 valence electrons. The first-order chi connectivity index (χ1) is 9.45. The molecule has 0 amide bonds. The minimum absolute atomic E-state index is 0.139. The lowest BCUT2D eigenvalue weighted by Gasteiger charge is -2.15. The van der Waals surface area contributed by atoms with Crippen LogP contribution in [0.15, 0.2) is 29.2 Å². The average molecular weight is 297 g/mol. The van der Waals surface area contributed by atoms with Gasteiger partial charge in [-0.25, -0.2) is 8.42 Å². The highest BCUT2D eigenvalue weighted by Crippen LogP contribution is 2.19. The smallest absolute Gasteiger partial charge is 0.175 e.